The topological polar surface area (TPSA) is 26.0 Å². The zero-order valence-corrected chi connectivity index (χ0v) is 9.19. The van der Waals surface area contributed by atoms with Gasteiger partial charge in [0.1, 0.15) is 0 Å². The van der Waals surface area contributed by atoms with Gasteiger partial charge in [0.2, 0.25) is 0 Å². The first-order valence-electron chi connectivity index (χ1n) is 5.23. The summed E-state index contributed by atoms with van der Waals surface area (Å²) in [6, 6.07) is 0.384. The van der Waals surface area contributed by atoms with Crippen LogP contribution in [0.3, 0.4) is 0 Å². The Morgan fingerprint density at radius 2 is 1.83 bits per heavy atom. The highest BCUT2D eigenvalue weighted by Crippen LogP contribution is 2.26. The van der Waals surface area contributed by atoms with E-state index in [1.165, 1.54) is 32.1 Å². The summed E-state index contributed by atoms with van der Waals surface area (Å²) in [5.41, 5.74) is 6.21. The van der Waals surface area contributed by atoms with Gasteiger partial charge in [0, 0.05) is 6.04 Å². The summed E-state index contributed by atoms with van der Waals surface area (Å²) in [6.07, 6.45) is 6.44. The molecule has 74 valence electrons. The van der Waals surface area contributed by atoms with Crippen LogP contribution in [0.5, 0.6) is 0 Å². The maximum atomic E-state index is 5.67. The van der Waals surface area contributed by atoms with E-state index in [0.29, 0.717) is 11.5 Å². The van der Waals surface area contributed by atoms with E-state index in [0.717, 1.165) is 0 Å². The first-order valence-corrected chi connectivity index (χ1v) is 5.23. The molecule has 1 heteroatoms. The van der Waals surface area contributed by atoms with Gasteiger partial charge in [0.25, 0.3) is 0 Å². The molecule has 0 bridgehead atoms. The molecule has 0 spiro atoms. The Kier molecular flexibility index (Phi) is 5.56. The Balaban J connectivity index is 3.31. The molecule has 1 atom stereocenters. The lowest BCUT2D eigenvalue weighted by molar-refractivity contribution is 0.306. The maximum Gasteiger partial charge on any atom is 0.00104 e. The fraction of sp³-hybridized carbons (Fsp3) is 1.00. The van der Waals surface area contributed by atoms with Gasteiger partial charge in [-0.25, -0.2) is 0 Å². The molecule has 0 aromatic rings. The van der Waals surface area contributed by atoms with E-state index in [-0.39, 0.29) is 0 Å². The van der Waals surface area contributed by atoms with Crippen molar-refractivity contribution in [3.05, 3.63) is 0 Å². The van der Waals surface area contributed by atoms with Crippen molar-refractivity contribution in [3.63, 3.8) is 0 Å². The van der Waals surface area contributed by atoms with Crippen LogP contribution in [0.25, 0.3) is 0 Å². The Labute approximate surface area is 77.7 Å². The van der Waals surface area contributed by atoms with Crippen molar-refractivity contribution in [3.8, 4) is 0 Å². The summed E-state index contributed by atoms with van der Waals surface area (Å²) in [6.45, 7) is 9.05. The second-order valence-corrected chi connectivity index (χ2v) is 4.74. The molecule has 0 aliphatic heterocycles. The number of rotatable bonds is 6. The molecule has 0 radical (unpaired) electrons. The van der Waals surface area contributed by atoms with Crippen LogP contribution < -0.4 is 5.73 Å². The van der Waals surface area contributed by atoms with Crippen LogP contribution in [-0.2, 0) is 0 Å². The van der Waals surface area contributed by atoms with Gasteiger partial charge in [-0.15, -0.1) is 0 Å². The molecular formula is C11H25N. The number of hydrogen-bond acceptors (Lipinski definition) is 1. The second kappa shape index (κ2) is 5.58. The molecule has 0 heterocycles. The molecule has 0 saturated heterocycles. The van der Waals surface area contributed by atoms with E-state index in [4.69, 9.17) is 5.73 Å². The minimum absolute atomic E-state index is 0.384. The zero-order valence-electron chi connectivity index (χ0n) is 9.19. The Bertz CT molecular complexity index is 106. The van der Waals surface area contributed by atoms with Crippen molar-refractivity contribution in [2.75, 3.05) is 0 Å². The highest BCUT2D eigenvalue weighted by Gasteiger charge is 2.13. The van der Waals surface area contributed by atoms with E-state index in [1.807, 2.05) is 0 Å². The highest BCUT2D eigenvalue weighted by atomic mass is 14.6. The summed E-state index contributed by atoms with van der Waals surface area (Å²) < 4.78 is 0. The zero-order chi connectivity index (χ0) is 9.61. The molecule has 0 aromatic carbocycles. The van der Waals surface area contributed by atoms with Crippen molar-refractivity contribution < 1.29 is 0 Å². The van der Waals surface area contributed by atoms with Crippen molar-refractivity contribution in [1.82, 2.24) is 0 Å². The van der Waals surface area contributed by atoms with Gasteiger partial charge in [-0.2, -0.15) is 0 Å². The average molecular weight is 171 g/mol. The van der Waals surface area contributed by atoms with Gasteiger partial charge in [-0.05, 0) is 25.2 Å². The fourth-order valence-corrected chi connectivity index (χ4v) is 1.25. The predicted molar refractivity (Wildman–Crippen MR) is 56.2 cm³/mol. The first-order chi connectivity index (χ1) is 5.48. The summed E-state index contributed by atoms with van der Waals surface area (Å²) in [5, 5.41) is 0. The van der Waals surface area contributed by atoms with Gasteiger partial charge in [-0.1, -0.05) is 40.0 Å². The minimum atomic E-state index is 0.384. The Morgan fingerprint density at radius 3 is 2.25 bits per heavy atom. The minimum Gasteiger partial charge on any atom is -0.328 e. The van der Waals surface area contributed by atoms with E-state index < -0.39 is 0 Å². The lowest BCUT2D eigenvalue weighted by atomic mass is 9.84. The third kappa shape index (κ3) is 6.66. The van der Waals surface area contributed by atoms with E-state index in [9.17, 15) is 0 Å². The summed E-state index contributed by atoms with van der Waals surface area (Å²) >= 11 is 0. The summed E-state index contributed by atoms with van der Waals surface area (Å²) in [5.74, 6) is 0. The quantitative estimate of drug-likeness (QED) is 0.609. The smallest absolute Gasteiger partial charge is 0.00104 e. The molecule has 0 aliphatic rings. The molecule has 12 heavy (non-hydrogen) atoms. The molecule has 0 saturated carbocycles. The van der Waals surface area contributed by atoms with Crippen molar-refractivity contribution in [2.45, 2.75) is 65.8 Å². The van der Waals surface area contributed by atoms with Crippen LogP contribution >= 0.6 is 0 Å². The van der Waals surface area contributed by atoms with Crippen LogP contribution in [0.1, 0.15) is 59.8 Å². The molecule has 0 fully saturated rings. The van der Waals surface area contributed by atoms with Crippen LogP contribution in [0, 0.1) is 5.41 Å². The molecule has 0 rings (SSSR count). The van der Waals surface area contributed by atoms with Crippen molar-refractivity contribution >= 4 is 0 Å². The Morgan fingerprint density at radius 1 is 1.25 bits per heavy atom. The van der Waals surface area contributed by atoms with Gasteiger partial charge < -0.3 is 5.73 Å². The number of unbranched alkanes of at least 4 members (excludes halogenated alkanes) is 1. The van der Waals surface area contributed by atoms with Crippen LogP contribution in [0.15, 0.2) is 0 Å². The summed E-state index contributed by atoms with van der Waals surface area (Å²) in [7, 11) is 0. The van der Waals surface area contributed by atoms with E-state index in [2.05, 4.69) is 27.7 Å². The fourth-order valence-electron chi connectivity index (χ4n) is 1.25. The monoisotopic (exact) mass is 171 g/mol. The molecule has 0 amide bonds. The molecular weight excluding hydrogens is 146 g/mol. The standard InChI is InChI=1S/C11H25N/c1-5-11(3,4)9-7-6-8-10(2)12/h10H,5-9,12H2,1-4H3. The van der Waals surface area contributed by atoms with Gasteiger partial charge in [-0.3, -0.25) is 0 Å². The lowest BCUT2D eigenvalue weighted by Crippen LogP contribution is -2.15. The van der Waals surface area contributed by atoms with Crippen LogP contribution in [0.4, 0.5) is 0 Å². The molecule has 2 N–H and O–H groups in total. The molecule has 0 aliphatic carbocycles. The van der Waals surface area contributed by atoms with Crippen molar-refractivity contribution in [2.24, 2.45) is 11.1 Å². The lowest BCUT2D eigenvalue weighted by Gasteiger charge is -2.22. The average Bonchev–Trinajstić information content (AvgIpc) is 1.98. The number of nitrogens with two attached hydrogens (primary N) is 1. The largest absolute Gasteiger partial charge is 0.328 e. The third-order valence-electron chi connectivity index (χ3n) is 2.72. The van der Waals surface area contributed by atoms with Crippen molar-refractivity contribution in [1.29, 1.82) is 0 Å². The van der Waals surface area contributed by atoms with Crippen LogP contribution in [-0.4, -0.2) is 6.04 Å². The van der Waals surface area contributed by atoms with Gasteiger partial charge in [0.15, 0.2) is 0 Å². The molecule has 1 unspecified atom stereocenters. The molecule has 0 aromatic heterocycles. The molecule has 1 nitrogen and oxygen atoms in total. The first kappa shape index (κ1) is 12.0. The van der Waals surface area contributed by atoms with Gasteiger partial charge in [0.05, 0.1) is 0 Å². The predicted octanol–water partition coefficient (Wildman–Crippen LogP) is 3.33. The maximum absolute atomic E-state index is 5.67. The third-order valence-corrected chi connectivity index (χ3v) is 2.72. The Hall–Kier alpha value is -0.0400. The summed E-state index contributed by atoms with van der Waals surface area (Å²) in [4.78, 5) is 0. The van der Waals surface area contributed by atoms with E-state index in [1.54, 1.807) is 0 Å². The van der Waals surface area contributed by atoms with Crippen LogP contribution in [0.2, 0.25) is 0 Å². The second-order valence-electron chi connectivity index (χ2n) is 4.74. The van der Waals surface area contributed by atoms with E-state index >= 15 is 0 Å². The normalized spacial score (nSPS) is 14.8. The van der Waals surface area contributed by atoms with Gasteiger partial charge >= 0.3 is 0 Å². The highest BCUT2D eigenvalue weighted by molar-refractivity contribution is 4.66. The number of hydrogen-bond donors (Lipinski definition) is 1. The SMILES string of the molecule is CCC(C)(C)CCCCC(C)N.